The predicted molar refractivity (Wildman–Crippen MR) is 131 cm³/mol. The molecule has 0 aromatic heterocycles. The van der Waals surface area contributed by atoms with Crippen LogP contribution in [0.25, 0.3) is 5.53 Å². The van der Waals surface area contributed by atoms with Crippen LogP contribution in [0.5, 0.6) is 11.5 Å². The number of rotatable bonds is 2. The summed E-state index contributed by atoms with van der Waals surface area (Å²) in [6.45, 7) is 6.15. The molecule has 3 heterocycles. The van der Waals surface area contributed by atoms with E-state index in [1.807, 2.05) is 31.2 Å². The van der Waals surface area contributed by atoms with Gasteiger partial charge in [0.25, 0.3) is 5.78 Å². The number of fused-ring (bicyclic) bond motifs is 6. The molecule has 1 aliphatic carbocycles. The van der Waals surface area contributed by atoms with Crippen LogP contribution in [0.2, 0.25) is 0 Å². The standard InChI is InChI=1S/C28H24N4O2/c1-17-4-7-20-23(14-17)28(27(30-29)26(20)33)21-8-5-18(31-10-2-11-31)15-24(21)34-25-16-19(6-9-22(25)28)32-12-3-13-32/h4-9,14-16H,2-3,10-13H2,1H3. The fraction of sp³-hybridized carbons (Fsp3) is 0.286. The lowest BCUT2D eigenvalue weighted by molar-refractivity contribution is -0.0118. The number of carbonyl (C=O) groups excluding carboxylic acids is 1. The molecular formula is C28H24N4O2. The molecular weight excluding hydrogens is 424 g/mol. The van der Waals surface area contributed by atoms with Gasteiger partial charge in [-0.1, -0.05) is 35.9 Å². The Morgan fingerprint density at radius 1 is 0.824 bits per heavy atom. The summed E-state index contributed by atoms with van der Waals surface area (Å²) in [4.78, 5) is 21.8. The maximum Gasteiger partial charge on any atom is 0.358 e. The Balaban J connectivity index is 1.55. The summed E-state index contributed by atoms with van der Waals surface area (Å²) in [5.74, 6) is 1.18. The van der Waals surface area contributed by atoms with Crippen molar-refractivity contribution in [1.29, 1.82) is 0 Å². The second-order valence-electron chi connectivity index (χ2n) is 9.72. The van der Waals surface area contributed by atoms with Crippen LogP contribution >= 0.6 is 0 Å². The lowest BCUT2D eigenvalue weighted by Gasteiger charge is -2.39. The second-order valence-corrected chi connectivity index (χ2v) is 9.72. The van der Waals surface area contributed by atoms with Crippen molar-refractivity contribution in [2.75, 3.05) is 36.0 Å². The zero-order valence-electron chi connectivity index (χ0n) is 19.0. The molecule has 3 aromatic carbocycles. The molecule has 0 unspecified atom stereocenters. The summed E-state index contributed by atoms with van der Waals surface area (Å²) < 4.78 is 6.56. The van der Waals surface area contributed by atoms with Crippen LogP contribution in [0, 0.1) is 6.92 Å². The van der Waals surface area contributed by atoms with E-state index in [4.69, 9.17) is 4.74 Å². The number of ketones is 1. The molecule has 34 heavy (non-hydrogen) atoms. The molecule has 0 saturated carbocycles. The molecule has 6 heteroatoms. The molecule has 6 nitrogen and oxygen atoms in total. The van der Waals surface area contributed by atoms with Gasteiger partial charge in [0.05, 0.1) is 0 Å². The zero-order chi connectivity index (χ0) is 23.0. The number of carbonyl (C=O) groups is 1. The molecule has 1 spiro atoms. The van der Waals surface area contributed by atoms with E-state index in [-0.39, 0.29) is 11.5 Å². The minimum atomic E-state index is -1.02. The van der Waals surface area contributed by atoms with Gasteiger partial charge in [-0.25, -0.2) is 0 Å². The van der Waals surface area contributed by atoms with Gasteiger partial charge in [0.1, 0.15) is 11.5 Å². The summed E-state index contributed by atoms with van der Waals surface area (Å²) in [7, 11) is 0. The third-order valence-corrected chi connectivity index (χ3v) is 7.89. The fourth-order valence-corrected chi connectivity index (χ4v) is 5.87. The van der Waals surface area contributed by atoms with E-state index in [1.54, 1.807) is 0 Å². The number of anilines is 2. The van der Waals surface area contributed by atoms with Crippen molar-refractivity contribution in [3.63, 3.8) is 0 Å². The van der Waals surface area contributed by atoms with Gasteiger partial charge in [-0.15, -0.1) is 0 Å². The number of hydrogen-bond acceptors (Lipinski definition) is 4. The first-order chi connectivity index (χ1) is 16.6. The first-order valence-electron chi connectivity index (χ1n) is 12.0. The van der Waals surface area contributed by atoms with Crippen LogP contribution < -0.4 is 14.5 Å². The lowest BCUT2D eigenvalue weighted by Crippen LogP contribution is -2.41. The topological polar surface area (TPSA) is 69.2 Å². The third-order valence-electron chi connectivity index (χ3n) is 7.89. The predicted octanol–water partition coefficient (Wildman–Crippen LogP) is 4.72. The van der Waals surface area contributed by atoms with Crippen molar-refractivity contribution in [1.82, 2.24) is 0 Å². The first kappa shape index (κ1) is 19.6. The van der Waals surface area contributed by atoms with Gasteiger partial charge in [-0.05, 0) is 37.5 Å². The quantitative estimate of drug-likeness (QED) is 0.420. The molecule has 7 rings (SSSR count). The van der Waals surface area contributed by atoms with Crippen LogP contribution in [-0.2, 0) is 5.41 Å². The molecule has 168 valence electrons. The fourth-order valence-electron chi connectivity index (χ4n) is 5.87. The first-order valence-corrected chi connectivity index (χ1v) is 12.0. The second kappa shape index (κ2) is 6.81. The summed E-state index contributed by atoms with van der Waals surface area (Å²) in [6, 6.07) is 18.3. The van der Waals surface area contributed by atoms with Crippen molar-refractivity contribution in [3.8, 4) is 11.5 Å². The van der Waals surface area contributed by atoms with E-state index >= 15 is 0 Å². The maximum atomic E-state index is 13.5. The molecule has 0 bridgehead atoms. The van der Waals surface area contributed by atoms with Crippen molar-refractivity contribution in [2.24, 2.45) is 0 Å². The summed E-state index contributed by atoms with van der Waals surface area (Å²) in [5.41, 5.74) is 15.7. The minimum Gasteiger partial charge on any atom is -0.457 e. The summed E-state index contributed by atoms with van der Waals surface area (Å²) in [5, 5.41) is 0. The average molecular weight is 449 g/mol. The van der Waals surface area contributed by atoms with Crippen LogP contribution in [-0.4, -0.2) is 42.5 Å². The number of ether oxygens (including phenoxy) is 1. The average Bonchev–Trinajstić information content (AvgIpc) is 2.99. The molecule has 3 aromatic rings. The number of Topliss-reactive ketones (excluding diaryl/α,β-unsaturated/α-hetero) is 1. The zero-order valence-corrected chi connectivity index (χ0v) is 19.0. The Hall–Kier alpha value is -3.89. The molecule has 0 N–H and O–H groups in total. The SMILES string of the molecule is Cc1ccc2c(c1)C1(C(=[N+]=[N-])C2=O)c2ccc(N3CCC3)cc2Oc2cc(N3CCC3)ccc21. The Morgan fingerprint density at radius 3 is 1.91 bits per heavy atom. The van der Waals surface area contributed by atoms with Crippen molar-refractivity contribution >= 4 is 22.9 Å². The number of aryl methyl sites for hydroxylation is 1. The van der Waals surface area contributed by atoms with Gasteiger partial charge < -0.3 is 20.1 Å². The van der Waals surface area contributed by atoms with Gasteiger partial charge in [-0.2, -0.15) is 4.79 Å². The van der Waals surface area contributed by atoms with E-state index in [0.29, 0.717) is 17.1 Å². The minimum absolute atomic E-state index is 0.132. The van der Waals surface area contributed by atoms with Crippen LogP contribution in [0.15, 0.2) is 54.6 Å². The molecule has 0 atom stereocenters. The van der Waals surface area contributed by atoms with E-state index in [9.17, 15) is 10.3 Å². The highest BCUT2D eigenvalue weighted by Gasteiger charge is 2.62. The monoisotopic (exact) mass is 448 g/mol. The number of benzene rings is 3. The lowest BCUT2D eigenvalue weighted by atomic mass is 9.67. The third kappa shape index (κ3) is 2.38. The largest absolute Gasteiger partial charge is 0.457 e. The number of nitrogens with zero attached hydrogens (tertiary/aromatic N) is 4. The van der Waals surface area contributed by atoms with Gasteiger partial charge in [0, 0.05) is 66.4 Å². The van der Waals surface area contributed by atoms with Crippen LogP contribution in [0.4, 0.5) is 11.4 Å². The Labute approximate surface area is 198 Å². The highest BCUT2D eigenvalue weighted by Crippen LogP contribution is 2.57. The van der Waals surface area contributed by atoms with E-state index in [0.717, 1.165) is 59.8 Å². The summed E-state index contributed by atoms with van der Waals surface area (Å²) >= 11 is 0. The Morgan fingerprint density at radius 2 is 1.41 bits per heavy atom. The van der Waals surface area contributed by atoms with Crippen molar-refractivity contribution < 1.29 is 14.3 Å². The number of hydrogen-bond donors (Lipinski definition) is 0. The Bertz CT molecular complexity index is 1380. The molecule has 4 aliphatic rings. The highest BCUT2D eigenvalue weighted by molar-refractivity contribution is 6.52. The van der Waals surface area contributed by atoms with E-state index in [2.05, 4.69) is 44.9 Å². The van der Waals surface area contributed by atoms with E-state index in [1.165, 1.54) is 12.8 Å². The van der Waals surface area contributed by atoms with Crippen molar-refractivity contribution in [3.05, 3.63) is 87.9 Å². The molecule has 2 fully saturated rings. The Kier molecular flexibility index (Phi) is 3.92. The van der Waals surface area contributed by atoms with E-state index < -0.39 is 5.41 Å². The van der Waals surface area contributed by atoms with Crippen LogP contribution in [0.3, 0.4) is 0 Å². The molecule has 0 radical (unpaired) electrons. The highest BCUT2D eigenvalue weighted by atomic mass is 16.5. The maximum absolute atomic E-state index is 13.5. The van der Waals surface area contributed by atoms with Crippen molar-refractivity contribution in [2.45, 2.75) is 25.2 Å². The van der Waals surface area contributed by atoms with Gasteiger partial charge in [0.15, 0.2) is 5.41 Å². The summed E-state index contributed by atoms with van der Waals surface area (Å²) in [6.07, 6.45) is 2.37. The molecule has 0 amide bonds. The van der Waals surface area contributed by atoms with Gasteiger partial charge in [-0.3, -0.25) is 4.79 Å². The van der Waals surface area contributed by atoms with Crippen LogP contribution in [0.1, 0.15) is 45.5 Å². The van der Waals surface area contributed by atoms with Gasteiger partial charge >= 0.3 is 5.71 Å². The molecule has 3 aliphatic heterocycles. The smallest absolute Gasteiger partial charge is 0.358 e. The normalized spacial score (nSPS) is 19.0. The van der Waals surface area contributed by atoms with Gasteiger partial charge in [0.2, 0.25) is 0 Å². The molecule has 2 saturated heterocycles.